The number of halogens is 1. The van der Waals surface area contributed by atoms with E-state index in [1.165, 1.54) is 7.05 Å². The van der Waals surface area contributed by atoms with Crippen molar-refractivity contribution < 1.29 is 13.5 Å². The summed E-state index contributed by atoms with van der Waals surface area (Å²) in [6, 6.07) is 5.14. The molecule has 0 saturated carbocycles. The highest BCUT2D eigenvalue weighted by Crippen LogP contribution is 2.29. The Kier molecular flexibility index (Phi) is 6.25. The quantitative estimate of drug-likeness (QED) is 0.699. The second kappa shape index (κ2) is 7.23. The van der Waals surface area contributed by atoms with Gasteiger partial charge in [-0.15, -0.1) is 0 Å². The molecule has 1 rings (SSSR count). The van der Waals surface area contributed by atoms with Crippen LogP contribution in [-0.4, -0.2) is 32.9 Å². The van der Waals surface area contributed by atoms with E-state index in [1.54, 1.807) is 12.1 Å². The van der Waals surface area contributed by atoms with Crippen molar-refractivity contribution in [1.29, 1.82) is 0 Å². The lowest BCUT2D eigenvalue weighted by atomic mass is 10.0. The third-order valence-corrected chi connectivity index (χ3v) is 4.70. The molecular weight excluding hydrogens is 332 g/mol. The van der Waals surface area contributed by atoms with E-state index in [2.05, 4.69) is 26.0 Å². The largest absolute Gasteiger partial charge is 0.508 e. The van der Waals surface area contributed by atoms with Gasteiger partial charge in [0.15, 0.2) is 0 Å². The van der Waals surface area contributed by atoms with Crippen LogP contribution >= 0.6 is 15.9 Å². The molecule has 0 amide bonds. The van der Waals surface area contributed by atoms with Crippen LogP contribution in [0.1, 0.15) is 24.9 Å². The van der Waals surface area contributed by atoms with E-state index in [1.807, 2.05) is 13.0 Å². The predicted octanol–water partition coefficient (Wildman–Crippen LogP) is 1.74. The van der Waals surface area contributed by atoms with Gasteiger partial charge in [0, 0.05) is 22.6 Å². The first-order valence-corrected chi connectivity index (χ1v) is 8.47. The molecule has 0 aromatic heterocycles. The van der Waals surface area contributed by atoms with Gasteiger partial charge in [-0.2, -0.15) is 0 Å². The molecule has 0 aliphatic rings. The van der Waals surface area contributed by atoms with Gasteiger partial charge in [-0.05, 0) is 31.7 Å². The van der Waals surface area contributed by atoms with Gasteiger partial charge >= 0.3 is 0 Å². The minimum atomic E-state index is -3.21. The number of phenols is 1. The minimum absolute atomic E-state index is 0.00870. The Labute approximate surface area is 122 Å². The number of hydrogen-bond donors (Lipinski definition) is 3. The van der Waals surface area contributed by atoms with E-state index in [9.17, 15) is 13.5 Å². The molecule has 1 aromatic carbocycles. The Balaban J connectivity index is 2.71. The van der Waals surface area contributed by atoms with Crippen molar-refractivity contribution in [2.45, 2.75) is 19.4 Å². The van der Waals surface area contributed by atoms with E-state index in [4.69, 9.17) is 0 Å². The Morgan fingerprint density at radius 1 is 1.42 bits per heavy atom. The Bertz CT molecular complexity index is 520. The molecular formula is C12H19BrN2O3S. The molecule has 1 aromatic rings. The zero-order valence-electron chi connectivity index (χ0n) is 11.0. The topological polar surface area (TPSA) is 78.4 Å². The summed E-state index contributed by atoms with van der Waals surface area (Å²) in [5.41, 5.74) is 0.763. The average molecular weight is 351 g/mol. The number of nitrogens with one attached hydrogen (secondary N) is 2. The van der Waals surface area contributed by atoms with E-state index in [0.29, 0.717) is 6.54 Å². The van der Waals surface area contributed by atoms with E-state index < -0.39 is 10.0 Å². The first kappa shape index (κ1) is 16.4. The molecule has 108 valence electrons. The van der Waals surface area contributed by atoms with E-state index >= 15 is 0 Å². The van der Waals surface area contributed by atoms with Crippen LogP contribution in [0.25, 0.3) is 0 Å². The highest BCUT2D eigenvalue weighted by atomic mass is 79.9. The fourth-order valence-corrected chi connectivity index (χ4v) is 2.72. The molecule has 5 nitrogen and oxygen atoms in total. The number of sulfonamides is 1. The zero-order chi connectivity index (χ0) is 14.5. The van der Waals surface area contributed by atoms with Gasteiger partial charge in [0.1, 0.15) is 5.75 Å². The summed E-state index contributed by atoms with van der Waals surface area (Å²) in [4.78, 5) is 0. The van der Waals surface area contributed by atoms with Crippen LogP contribution in [0.4, 0.5) is 0 Å². The smallest absolute Gasteiger partial charge is 0.212 e. The molecule has 7 heteroatoms. The molecule has 0 aliphatic carbocycles. The molecule has 1 atom stereocenters. The van der Waals surface area contributed by atoms with Crippen LogP contribution in [-0.2, 0) is 10.0 Å². The van der Waals surface area contributed by atoms with Gasteiger partial charge in [0.05, 0.1) is 5.75 Å². The van der Waals surface area contributed by atoms with Crippen LogP contribution in [0, 0.1) is 0 Å². The molecule has 0 spiro atoms. The maximum atomic E-state index is 11.3. The molecule has 3 N–H and O–H groups in total. The number of hydrogen-bond acceptors (Lipinski definition) is 4. The molecule has 0 saturated heterocycles. The maximum absolute atomic E-state index is 11.3. The van der Waals surface area contributed by atoms with Crippen molar-refractivity contribution >= 4 is 26.0 Å². The fourth-order valence-electron chi connectivity index (χ4n) is 1.75. The van der Waals surface area contributed by atoms with Crippen molar-refractivity contribution in [3.05, 3.63) is 28.2 Å². The molecule has 0 heterocycles. The van der Waals surface area contributed by atoms with Gasteiger partial charge in [-0.1, -0.05) is 22.9 Å². The lowest BCUT2D eigenvalue weighted by Gasteiger charge is -2.18. The third kappa shape index (κ3) is 5.10. The number of phenolic OH excluding ortho intramolecular Hbond substituents is 1. The SMILES string of the molecule is CCC(NCCS(=O)(=O)NC)c1cc(Br)ccc1O. The first-order valence-electron chi connectivity index (χ1n) is 6.02. The second-order valence-corrected chi connectivity index (χ2v) is 7.10. The van der Waals surface area contributed by atoms with Crippen molar-refractivity contribution in [2.75, 3.05) is 19.3 Å². The van der Waals surface area contributed by atoms with Crippen molar-refractivity contribution in [1.82, 2.24) is 10.0 Å². The van der Waals surface area contributed by atoms with Gasteiger partial charge in [-0.25, -0.2) is 13.1 Å². The molecule has 0 radical (unpaired) electrons. The summed E-state index contributed by atoms with van der Waals surface area (Å²) in [6.45, 7) is 2.30. The summed E-state index contributed by atoms with van der Waals surface area (Å²) in [5.74, 6) is 0.216. The van der Waals surface area contributed by atoms with Crippen LogP contribution < -0.4 is 10.0 Å². The lowest BCUT2D eigenvalue weighted by Crippen LogP contribution is -2.31. The predicted molar refractivity (Wildman–Crippen MR) is 79.7 cm³/mol. The standard InChI is InChI=1S/C12H19BrN2O3S/c1-3-11(15-6-7-19(17,18)14-2)10-8-9(13)4-5-12(10)16/h4-5,8,11,14-16H,3,6-7H2,1-2H3. The molecule has 0 fully saturated rings. The summed E-state index contributed by atoms with van der Waals surface area (Å²) in [6.07, 6.45) is 0.754. The fraction of sp³-hybridized carbons (Fsp3) is 0.500. The summed E-state index contributed by atoms with van der Waals surface area (Å²) >= 11 is 3.36. The number of aromatic hydroxyl groups is 1. The molecule has 0 bridgehead atoms. The summed E-state index contributed by atoms with van der Waals surface area (Å²) in [5, 5.41) is 13.0. The highest BCUT2D eigenvalue weighted by Gasteiger charge is 2.15. The monoisotopic (exact) mass is 350 g/mol. The average Bonchev–Trinajstić information content (AvgIpc) is 2.38. The van der Waals surface area contributed by atoms with Crippen molar-refractivity contribution in [3.8, 4) is 5.75 Å². The normalized spacial score (nSPS) is 13.4. The highest BCUT2D eigenvalue weighted by molar-refractivity contribution is 9.10. The zero-order valence-corrected chi connectivity index (χ0v) is 13.4. The number of benzene rings is 1. The van der Waals surface area contributed by atoms with Crippen LogP contribution in [0.15, 0.2) is 22.7 Å². The molecule has 0 aliphatic heterocycles. The van der Waals surface area contributed by atoms with Crippen LogP contribution in [0.3, 0.4) is 0 Å². The second-order valence-electron chi connectivity index (χ2n) is 4.14. The van der Waals surface area contributed by atoms with Gasteiger partial charge < -0.3 is 10.4 Å². The Hall–Kier alpha value is -0.630. The summed E-state index contributed by atoms with van der Waals surface area (Å²) in [7, 11) is -1.81. The Morgan fingerprint density at radius 3 is 2.68 bits per heavy atom. The van der Waals surface area contributed by atoms with Crippen LogP contribution in [0.5, 0.6) is 5.75 Å². The van der Waals surface area contributed by atoms with Gasteiger partial charge in [-0.3, -0.25) is 0 Å². The third-order valence-electron chi connectivity index (χ3n) is 2.85. The minimum Gasteiger partial charge on any atom is -0.508 e. The maximum Gasteiger partial charge on any atom is 0.212 e. The number of rotatable bonds is 7. The van der Waals surface area contributed by atoms with E-state index in [-0.39, 0.29) is 17.5 Å². The first-order chi connectivity index (χ1) is 8.89. The lowest BCUT2D eigenvalue weighted by molar-refractivity contribution is 0.444. The van der Waals surface area contributed by atoms with Gasteiger partial charge in [0.25, 0.3) is 0 Å². The van der Waals surface area contributed by atoms with Crippen molar-refractivity contribution in [3.63, 3.8) is 0 Å². The molecule has 1 unspecified atom stereocenters. The Morgan fingerprint density at radius 2 is 2.11 bits per heavy atom. The van der Waals surface area contributed by atoms with E-state index in [0.717, 1.165) is 16.5 Å². The van der Waals surface area contributed by atoms with Gasteiger partial charge in [0.2, 0.25) is 10.0 Å². The summed E-state index contributed by atoms with van der Waals surface area (Å²) < 4.78 is 25.8. The van der Waals surface area contributed by atoms with Crippen LogP contribution in [0.2, 0.25) is 0 Å². The van der Waals surface area contributed by atoms with Crippen molar-refractivity contribution in [2.24, 2.45) is 0 Å². The molecule has 19 heavy (non-hydrogen) atoms.